The maximum absolute atomic E-state index is 13.7. The van der Waals surface area contributed by atoms with Crippen molar-refractivity contribution in [2.45, 2.75) is 35.6 Å². The number of amides is 1. The molecule has 0 unspecified atom stereocenters. The molecule has 0 aliphatic carbocycles. The average Bonchev–Trinajstić information content (AvgIpc) is 2.85. The molecule has 35 heavy (non-hydrogen) atoms. The predicted octanol–water partition coefficient (Wildman–Crippen LogP) is 6.60. The Morgan fingerprint density at radius 2 is 1.77 bits per heavy atom. The smallest absolute Gasteiger partial charge is 0.416 e. The number of nitrogens with one attached hydrogen (secondary N) is 1. The van der Waals surface area contributed by atoms with E-state index in [4.69, 9.17) is 16.3 Å². The Morgan fingerprint density at radius 3 is 2.37 bits per heavy atom. The Balaban J connectivity index is 1.90. The van der Waals surface area contributed by atoms with Gasteiger partial charge in [0.25, 0.3) is 5.91 Å². The zero-order valence-corrected chi connectivity index (χ0v) is 20.8. The number of halogens is 4. The molecule has 0 radical (unpaired) electrons. The highest BCUT2D eigenvalue weighted by molar-refractivity contribution is 7.85. The number of hydrogen-bond donors (Lipinski definition) is 1. The largest absolute Gasteiger partial charge is 0.495 e. The molecule has 0 aliphatic rings. The Hall–Kier alpha value is -2.84. The minimum atomic E-state index is -4.47. The Morgan fingerprint density at radius 1 is 1.09 bits per heavy atom. The number of rotatable bonds is 9. The van der Waals surface area contributed by atoms with Crippen LogP contribution in [0.2, 0.25) is 5.02 Å². The lowest BCUT2D eigenvalue weighted by molar-refractivity contribution is -0.137. The van der Waals surface area contributed by atoms with Crippen molar-refractivity contribution in [1.29, 1.82) is 0 Å². The molecule has 3 aromatic rings. The minimum Gasteiger partial charge on any atom is -0.495 e. The van der Waals surface area contributed by atoms with E-state index in [0.29, 0.717) is 40.5 Å². The fraction of sp³-hybridized carbons (Fsp3) is 0.269. The van der Waals surface area contributed by atoms with E-state index in [1.807, 2.05) is 6.07 Å². The van der Waals surface area contributed by atoms with Gasteiger partial charge in [0, 0.05) is 7.05 Å². The van der Waals surface area contributed by atoms with Gasteiger partial charge in [-0.2, -0.15) is 13.2 Å². The van der Waals surface area contributed by atoms with Crippen LogP contribution >= 0.6 is 11.6 Å². The van der Waals surface area contributed by atoms with Crippen molar-refractivity contribution >= 4 is 28.3 Å². The van der Waals surface area contributed by atoms with Gasteiger partial charge in [-0.1, -0.05) is 41.9 Å². The first-order chi connectivity index (χ1) is 16.7. The second kappa shape index (κ2) is 11.7. The summed E-state index contributed by atoms with van der Waals surface area (Å²) in [6.45, 7) is 0. The van der Waals surface area contributed by atoms with Crippen LogP contribution in [0.4, 0.5) is 13.2 Å². The van der Waals surface area contributed by atoms with Gasteiger partial charge in [-0.3, -0.25) is 9.00 Å². The summed E-state index contributed by atoms with van der Waals surface area (Å²) in [7, 11) is 1.32. The topological polar surface area (TPSA) is 55.4 Å². The number of carbonyl (C=O) groups is 1. The van der Waals surface area contributed by atoms with Gasteiger partial charge in [-0.15, -0.1) is 0 Å². The van der Waals surface area contributed by atoms with Crippen LogP contribution in [0.3, 0.4) is 0 Å². The maximum atomic E-state index is 13.7. The minimum absolute atomic E-state index is 0.271. The van der Waals surface area contributed by atoms with Gasteiger partial charge in [0.2, 0.25) is 0 Å². The molecule has 0 spiro atoms. The maximum Gasteiger partial charge on any atom is 0.416 e. The van der Waals surface area contributed by atoms with Gasteiger partial charge >= 0.3 is 6.18 Å². The Bertz CT molecular complexity index is 1200. The third-order valence-electron chi connectivity index (χ3n) is 5.59. The highest BCUT2D eigenvalue weighted by Gasteiger charge is 2.31. The summed E-state index contributed by atoms with van der Waals surface area (Å²) in [5.74, 6) is 0.179. The molecular formula is C26H25ClF3NO3S. The average molecular weight is 524 g/mol. The van der Waals surface area contributed by atoms with Crippen LogP contribution in [0.25, 0.3) is 0 Å². The summed E-state index contributed by atoms with van der Waals surface area (Å²) >= 11 is 6.21. The fourth-order valence-electron chi connectivity index (χ4n) is 3.76. The van der Waals surface area contributed by atoms with Crippen molar-refractivity contribution in [3.8, 4) is 5.75 Å². The lowest BCUT2D eigenvalue weighted by Gasteiger charge is -2.20. The third-order valence-corrected chi connectivity index (χ3v) is 7.70. The van der Waals surface area contributed by atoms with Crippen LogP contribution in [-0.2, 0) is 23.4 Å². The molecule has 3 rings (SSSR count). The summed E-state index contributed by atoms with van der Waals surface area (Å²) in [4.78, 5) is 12.7. The summed E-state index contributed by atoms with van der Waals surface area (Å²) in [6, 6.07) is 16.7. The second-order valence-corrected chi connectivity index (χ2v) is 9.85. The zero-order chi connectivity index (χ0) is 25.6. The normalized spacial score (nSPS) is 13.2. The first kappa shape index (κ1) is 26.8. The molecule has 0 heterocycles. The zero-order valence-electron chi connectivity index (χ0n) is 19.2. The summed E-state index contributed by atoms with van der Waals surface area (Å²) in [5.41, 5.74) is 0.964. The Kier molecular flexibility index (Phi) is 8.97. The van der Waals surface area contributed by atoms with E-state index in [9.17, 15) is 22.2 Å². The van der Waals surface area contributed by atoms with E-state index in [-0.39, 0.29) is 11.5 Å². The number of hydrogen-bond acceptors (Lipinski definition) is 3. The van der Waals surface area contributed by atoms with E-state index in [1.165, 1.54) is 26.3 Å². The monoisotopic (exact) mass is 523 g/mol. The van der Waals surface area contributed by atoms with Gasteiger partial charge in [0.05, 0.1) is 44.2 Å². The van der Waals surface area contributed by atoms with E-state index >= 15 is 0 Å². The van der Waals surface area contributed by atoms with Crippen LogP contribution in [-0.4, -0.2) is 24.3 Å². The van der Waals surface area contributed by atoms with Crippen LogP contribution in [0, 0.1) is 0 Å². The standard InChI is InChI=1S/C26H25ClF3NO3S/c1-31-25(32)20-7-3-4-8-24(20)35(33)23(18-11-13-19(14-12-18)26(28,29)30)9-5-6-17-10-15-22(34-2)21(27)16-17/h3-4,7-8,10-16,23H,5-6,9H2,1-2H3,(H,31,32)/t23-,35+/m1/s1. The van der Waals surface area contributed by atoms with Crippen molar-refractivity contribution in [2.24, 2.45) is 0 Å². The molecule has 0 aliphatic heterocycles. The molecule has 2 atom stereocenters. The third kappa shape index (κ3) is 6.64. The van der Waals surface area contributed by atoms with Crippen molar-refractivity contribution in [2.75, 3.05) is 14.2 Å². The van der Waals surface area contributed by atoms with Crippen molar-refractivity contribution in [3.05, 3.63) is 94.0 Å². The lowest BCUT2D eigenvalue weighted by atomic mass is 10.0. The predicted molar refractivity (Wildman–Crippen MR) is 131 cm³/mol. The van der Waals surface area contributed by atoms with Crippen molar-refractivity contribution < 1.29 is 26.9 Å². The molecule has 1 N–H and O–H groups in total. The summed E-state index contributed by atoms with van der Waals surface area (Å²) in [5, 5.41) is 2.40. The first-order valence-corrected chi connectivity index (χ1v) is 12.5. The first-order valence-electron chi connectivity index (χ1n) is 10.9. The van der Waals surface area contributed by atoms with Gasteiger partial charge in [-0.25, -0.2) is 0 Å². The summed E-state index contributed by atoms with van der Waals surface area (Å²) < 4.78 is 58.1. The van der Waals surface area contributed by atoms with Gasteiger partial charge in [-0.05, 0) is 66.8 Å². The number of methoxy groups -OCH3 is 1. The van der Waals surface area contributed by atoms with Crippen molar-refractivity contribution in [3.63, 3.8) is 0 Å². The Labute approximate surface area is 209 Å². The van der Waals surface area contributed by atoms with E-state index < -0.39 is 27.8 Å². The quantitative estimate of drug-likeness (QED) is 0.344. The van der Waals surface area contributed by atoms with Crippen LogP contribution in [0.1, 0.15) is 45.1 Å². The molecule has 3 aromatic carbocycles. The van der Waals surface area contributed by atoms with Gasteiger partial charge < -0.3 is 10.1 Å². The molecule has 0 bridgehead atoms. The molecule has 0 saturated heterocycles. The van der Waals surface area contributed by atoms with Crippen LogP contribution in [0.15, 0.2) is 71.6 Å². The molecular weight excluding hydrogens is 499 g/mol. The van der Waals surface area contributed by atoms with Crippen LogP contribution in [0.5, 0.6) is 5.75 Å². The van der Waals surface area contributed by atoms with Crippen molar-refractivity contribution in [1.82, 2.24) is 5.32 Å². The van der Waals surface area contributed by atoms with Gasteiger partial charge in [0.15, 0.2) is 0 Å². The molecule has 0 aromatic heterocycles. The van der Waals surface area contributed by atoms with E-state index in [1.54, 1.807) is 36.4 Å². The van der Waals surface area contributed by atoms with Gasteiger partial charge in [0.1, 0.15) is 5.75 Å². The number of benzene rings is 3. The number of carbonyl (C=O) groups excluding carboxylic acids is 1. The molecule has 9 heteroatoms. The molecule has 0 saturated carbocycles. The number of ether oxygens (including phenoxy) is 1. The molecule has 186 valence electrons. The lowest BCUT2D eigenvalue weighted by Crippen LogP contribution is -2.21. The number of aryl methyl sites for hydroxylation is 1. The number of alkyl halides is 3. The van der Waals surface area contributed by atoms with Crippen LogP contribution < -0.4 is 10.1 Å². The second-order valence-electron chi connectivity index (χ2n) is 7.84. The molecule has 4 nitrogen and oxygen atoms in total. The molecule has 0 fully saturated rings. The van der Waals surface area contributed by atoms with E-state index in [0.717, 1.165) is 17.7 Å². The van der Waals surface area contributed by atoms with E-state index in [2.05, 4.69) is 5.32 Å². The highest BCUT2D eigenvalue weighted by atomic mass is 35.5. The molecule has 1 amide bonds. The highest BCUT2D eigenvalue weighted by Crippen LogP contribution is 2.35. The summed E-state index contributed by atoms with van der Waals surface area (Å²) in [6.07, 6.45) is -2.83. The fourth-order valence-corrected chi connectivity index (χ4v) is 5.72. The SMILES string of the molecule is CNC(=O)c1ccccc1[S@@](=O)[C@H](CCCc1ccc(OC)c(Cl)c1)c1ccc(C(F)(F)F)cc1.